The van der Waals surface area contributed by atoms with E-state index >= 15 is 0 Å². The normalized spacial score (nSPS) is 10.9. The van der Waals surface area contributed by atoms with Gasteiger partial charge in [-0.1, -0.05) is 29.8 Å². The van der Waals surface area contributed by atoms with Crippen molar-refractivity contribution in [3.63, 3.8) is 0 Å². The number of carbonyl (C=O) groups excluding carboxylic acids is 1. The third-order valence-corrected chi connectivity index (χ3v) is 5.28. The number of amides is 1. The minimum absolute atomic E-state index is 0.250. The van der Waals surface area contributed by atoms with E-state index in [2.05, 4.69) is 26.5 Å². The molecule has 0 atom stereocenters. The van der Waals surface area contributed by atoms with Crippen LogP contribution in [0.5, 0.6) is 11.5 Å². The van der Waals surface area contributed by atoms with E-state index in [1.165, 1.54) is 18.3 Å². The molecular weight excluding hydrogens is 499 g/mol. The first-order chi connectivity index (χ1) is 15.4. The van der Waals surface area contributed by atoms with Gasteiger partial charge in [-0.15, -0.1) is 0 Å². The number of carbonyl (C=O) groups is 1. The van der Waals surface area contributed by atoms with Crippen LogP contribution in [-0.2, 0) is 6.61 Å². The van der Waals surface area contributed by atoms with Gasteiger partial charge in [-0.25, -0.2) is 9.82 Å². The number of hydrogen-bond acceptors (Lipinski definition) is 4. The smallest absolute Gasteiger partial charge is 0.272 e. The Hall–Kier alpha value is -2.90. The van der Waals surface area contributed by atoms with Gasteiger partial charge in [0.25, 0.3) is 5.91 Å². The Morgan fingerprint density at radius 3 is 2.59 bits per heavy atom. The van der Waals surface area contributed by atoms with Crippen molar-refractivity contribution in [1.82, 2.24) is 5.43 Å². The van der Waals surface area contributed by atoms with Crippen molar-refractivity contribution in [2.45, 2.75) is 20.5 Å². The molecular formula is C24H21BrClFN2O3. The van der Waals surface area contributed by atoms with Crippen LogP contribution in [0.2, 0.25) is 5.02 Å². The second-order valence-corrected chi connectivity index (χ2v) is 8.12. The standard InChI is InChI=1S/C24H21BrClFN2O3/c1-3-31-22-12-17(13-28-29-24(30)19-9-4-15(2)10-21(19)26)11-20(25)23(22)32-14-16-5-7-18(27)8-6-16/h4-13H,3,14H2,1-2H3,(H,29,30)/b28-13-. The fraction of sp³-hybridized carbons (Fsp3) is 0.167. The molecule has 0 radical (unpaired) electrons. The predicted octanol–water partition coefficient (Wildman–Crippen LogP) is 6.29. The topological polar surface area (TPSA) is 59.9 Å². The molecule has 0 fully saturated rings. The van der Waals surface area contributed by atoms with E-state index in [0.717, 1.165) is 11.1 Å². The van der Waals surface area contributed by atoms with Gasteiger partial charge >= 0.3 is 0 Å². The first-order valence-electron chi connectivity index (χ1n) is 9.80. The molecule has 0 aromatic heterocycles. The maximum absolute atomic E-state index is 13.1. The molecule has 5 nitrogen and oxygen atoms in total. The van der Waals surface area contributed by atoms with Gasteiger partial charge in [-0.05, 0) is 82.9 Å². The molecule has 3 aromatic rings. The fourth-order valence-electron chi connectivity index (χ4n) is 2.83. The van der Waals surface area contributed by atoms with Gasteiger partial charge in [-0.3, -0.25) is 4.79 Å². The number of benzene rings is 3. The van der Waals surface area contributed by atoms with E-state index in [-0.39, 0.29) is 12.4 Å². The predicted molar refractivity (Wildman–Crippen MR) is 127 cm³/mol. The van der Waals surface area contributed by atoms with Crippen LogP contribution < -0.4 is 14.9 Å². The van der Waals surface area contributed by atoms with E-state index in [0.29, 0.717) is 38.7 Å². The van der Waals surface area contributed by atoms with Crippen LogP contribution in [0, 0.1) is 12.7 Å². The van der Waals surface area contributed by atoms with Gasteiger partial charge in [-0.2, -0.15) is 5.10 Å². The molecule has 0 heterocycles. The Kier molecular flexibility index (Phi) is 8.25. The highest BCUT2D eigenvalue weighted by atomic mass is 79.9. The Morgan fingerprint density at radius 1 is 1.16 bits per heavy atom. The summed E-state index contributed by atoms with van der Waals surface area (Å²) in [5.74, 6) is 0.321. The SMILES string of the molecule is CCOc1cc(/C=N\NC(=O)c2ccc(C)cc2Cl)cc(Br)c1OCc1ccc(F)cc1. The summed E-state index contributed by atoms with van der Waals surface area (Å²) in [4.78, 5) is 12.3. The molecule has 0 spiro atoms. The van der Waals surface area contributed by atoms with Crippen LogP contribution >= 0.6 is 27.5 Å². The summed E-state index contributed by atoms with van der Waals surface area (Å²) in [5.41, 5.74) is 5.29. The molecule has 0 aliphatic carbocycles. The number of nitrogens with one attached hydrogen (secondary N) is 1. The Balaban J connectivity index is 1.72. The van der Waals surface area contributed by atoms with Gasteiger partial charge in [0.1, 0.15) is 12.4 Å². The van der Waals surface area contributed by atoms with Crippen molar-refractivity contribution < 1.29 is 18.7 Å². The zero-order valence-corrected chi connectivity index (χ0v) is 19.8. The van der Waals surface area contributed by atoms with Crippen molar-refractivity contribution in [1.29, 1.82) is 0 Å². The molecule has 8 heteroatoms. The maximum atomic E-state index is 13.1. The lowest BCUT2D eigenvalue weighted by atomic mass is 10.1. The third-order valence-electron chi connectivity index (χ3n) is 4.38. The lowest BCUT2D eigenvalue weighted by Gasteiger charge is -2.14. The zero-order valence-electron chi connectivity index (χ0n) is 17.5. The Morgan fingerprint density at radius 2 is 1.91 bits per heavy atom. The summed E-state index contributed by atoms with van der Waals surface area (Å²) >= 11 is 9.62. The van der Waals surface area contributed by atoms with Gasteiger partial charge < -0.3 is 9.47 Å². The molecule has 32 heavy (non-hydrogen) atoms. The van der Waals surface area contributed by atoms with Crippen molar-refractivity contribution in [2.75, 3.05) is 6.61 Å². The van der Waals surface area contributed by atoms with Gasteiger partial charge in [0, 0.05) is 0 Å². The molecule has 0 aliphatic rings. The van der Waals surface area contributed by atoms with E-state index in [9.17, 15) is 9.18 Å². The maximum Gasteiger partial charge on any atom is 0.272 e. The average molecular weight is 520 g/mol. The highest BCUT2D eigenvalue weighted by Gasteiger charge is 2.13. The minimum atomic E-state index is -0.408. The number of nitrogens with zero attached hydrogens (tertiary/aromatic N) is 1. The van der Waals surface area contributed by atoms with Gasteiger partial charge in [0.15, 0.2) is 11.5 Å². The monoisotopic (exact) mass is 518 g/mol. The van der Waals surface area contributed by atoms with E-state index in [1.54, 1.807) is 42.5 Å². The van der Waals surface area contributed by atoms with Crippen LogP contribution in [0.4, 0.5) is 4.39 Å². The second-order valence-electron chi connectivity index (χ2n) is 6.86. The molecule has 1 N–H and O–H groups in total. The molecule has 0 unspecified atom stereocenters. The van der Waals surface area contributed by atoms with Gasteiger partial charge in [0.05, 0.1) is 27.9 Å². The zero-order chi connectivity index (χ0) is 23.1. The Labute approximate surface area is 199 Å². The molecule has 0 aliphatic heterocycles. The van der Waals surface area contributed by atoms with Crippen molar-refractivity contribution in [2.24, 2.45) is 5.10 Å². The first kappa shape index (κ1) is 23.8. The first-order valence-corrected chi connectivity index (χ1v) is 11.0. The highest BCUT2D eigenvalue weighted by Crippen LogP contribution is 2.37. The number of halogens is 3. The third kappa shape index (κ3) is 6.31. The summed E-state index contributed by atoms with van der Waals surface area (Å²) in [6.45, 7) is 4.44. The molecule has 0 bridgehead atoms. The summed E-state index contributed by atoms with van der Waals surface area (Å²) in [7, 11) is 0. The van der Waals surface area contributed by atoms with Crippen LogP contribution in [-0.4, -0.2) is 18.7 Å². The summed E-state index contributed by atoms with van der Waals surface area (Å²) in [6, 6.07) is 14.8. The Bertz CT molecular complexity index is 1140. The van der Waals surface area contributed by atoms with Crippen LogP contribution in [0.15, 0.2) is 64.2 Å². The number of ether oxygens (including phenoxy) is 2. The van der Waals surface area contributed by atoms with E-state index in [1.807, 2.05) is 13.8 Å². The fourth-order valence-corrected chi connectivity index (χ4v) is 3.73. The quantitative estimate of drug-likeness (QED) is 0.281. The van der Waals surface area contributed by atoms with Crippen LogP contribution in [0.3, 0.4) is 0 Å². The molecule has 1 amide bonds. The highest BCUT2D eigenvalue weighted by molar-refractivity contribution is 9.10. The van der Waals surface area contributed by atoms with Gasteiger partial charge in [0.2, 0.25) is 0 Å². The summed E-state index contributed by atoms with van der Waals surface area (Å²) in [6.07, 6.45) is 1.50. The molecule has 3 aromatic carbocycles. The van der Waals surface area contributed by atoms with Crippen molar-refractivity contribution in [3.8, 4) is 11.5 Å². The number of hydrazone groups is 1. The largest absolute Gasteiger partial charge is 0.490 e. The van der Waals surface area contributed by atoms with Crippen LogP contribution in [0.1, 0.15) is 34.0 Å². The second kappa shape index (κ2) is 11.1. The molecule has 3 rings (SSSR count). The number of rotatable bonds is 8. The summed E-state index contributed by atoms with van der Waals surface area (Å²) < 4.78 is 25.4. The van der Waals surface area contributed by atoms with E-state index < -0.39 is 5.91 Å². The lowest BCUT2D eigenvalue weighted by molar-refractivity contribution is 0.0955. The number of aryl methyl sites for hydroxylation is 1. The number of hydrogen-bond donors (Lipinski definition) is 1. The summed E-state index contributed by atoms with van der Waals surface area (Å²) in [5, 5.41) is 4.38. The van der Waals surface area contributed by atoms with Crippen molar-refractivity contribution >= 4 is 39.7 Å². The van der Waals surface area contributed by atoms with Crippen LogP contribution in [0.25, 0.3) is 0 Å². The van der Waals surface area contributed by atoms with E-state index in [4.69, 9.17) is 21.1 Å². The minimum Gasteiger partial charge on any atom is -0.490 e. The lowest BCUT2D eigenvalue weighted by Crippen LogP contribution is -2.18. The average Bonchev–Trinajstić information content (AvgIpc) is 2.74. The van der Waals surface area contributed by atoms with Crippen molar-refractivity contribution in [3.05, 3.63) is 92.2 Å². The molecule has 166 valence electrons. The molecule has 0 saturated carbocycles. The molecule has 0 saturated heterocycles.